The van der Waals surface area contributed by atoms with Crippen molar-refractivity contribution in [3.8, 4) is 0 Å². The molecule has 0 N–H and O–H groups in total. The van der Waals surface area contributed by atoms with Gasteiger partial charge in [0, 0.05) is 18.5 Å². The number of hydrogen-bond acceptors (Lipinski definition) is 8. The highest BCUT2D eigenvalue weighted by molar-refractivity contribution is 7.85. The number of amides is 2. The maximum Gasteiger partial charge on any atom is 0.329 e. The first-order valence-electron chi connectivity index (χ1n) is 9.87. The van der Waals surface area contributed by atoms with Crippen LogP contribution in [0.4, 0.5) is 4.79 Å². The van der Waals surface area contributed by atoms with E-state index in [1.165, 1.54) is 11.3 Å². The molecule has 0 saturated carbocycles. The molecule has 1 aliphatic rings. The SMILES string of the molecule is CC[C@H](C)[C@@H](C(=O)OC(C)(C)C)N1CCN(Cc2csc(COS(C)(=O)=O)n2)C1=O. The van der Waals surface area contributed by atoms with E-state index in [0.29, 0.717) is 23.8 Å². The highest BCUT2D eigenvalue weighted by Gasteiger charge is 2.41. The molecule has 0 spiro atoms. The van der Waals surface area contributed by atoms with E-state index in [1.807, 2.05) is 34.6 Å². The van der Waals surface area contributed by atoms with E-state index >= 15 is 0 Å². The van der Waals surface area contributed by atoms with E-state index in [4.69, 9.17) is 8.92 Å². The molecule has 11 heteroatoms. The fourth-order valence-electron chi connectivity index (χ4n) is 3.10. The van der Waals surface area contributed by atoms with Crippen LogP contribution in [0.1, 0.15) is 51.7 Å². The third-order valence-electron chi connectivity index (χ3n) is 4.64. The Balaban J connectivity index is 2.06. The van der Waals surface area contributed by atoms with Crippen LogP contribution >= 0.6 is 11.3 Å². The van der Waals surface area contributed by atoms with E-state index in [9.17, 15) is 18.0 Å². The van der Waals surface area contributed by atoms with E-state index in [-0.39, 0.29) is 31.1 Å². The van der Waals surface area contributed by atoms with E-state index < -0.39 is 21.8 Å². The van der Waals surface area contributed by atoms with Gasteiger partial charge in [-0.1, -0.05) is 20.3 Å². The summed E-state index contributed by atoms with van der Waals surface area (Å²) >= 11 is 1.28. The largest absolute Gasteiger partial charge is 0.458 e. The summed E-state index contributed by atoms with van der Waals surface area (Å²) in [7, 11) is -3.54. The molecule has 2 rings (SSSR count). The lowest BCUT2D eigenvalue weighted by molar-refractivity contribution is -0.162. The lowest BCUT2D eigenvalue weighted by atomic mass is 9.97. The van der Waals surface area contributed by atoms with Crippen LogP contribution in [0.3, 0.4) is 0 Å². The predicted molar refractivity (Wildman–Crippen MR) is 113 cm³/mol. The molecule has 9 nitrogen and oxygen atoms in total. The topological polar surface area (TPSA) is 106 Å². The van der Waals surface area contributed by atoms with Crippen molar-refractivity contribution in [2.24, 2.45) is 5.92 Å². The molecule has 1 aromatic heterocycles. The molecule has 1 fully saturated rings. The van der Waals surface area contributed by atoms with Crippen LogP contribution in [0.5, 0.6) is 0 Å². The minimum absolute atomic E-state index is 0.0391. The number of carbonyl (C=O) groups is 2. The average Bonchev–Trinajstić information content (AvgIpc) is 3.20. The van der Waals surface area contributed by atoms with Gasteiger partial charge in [0.2, 0.25) is 0 Å². The Kier molecular flexibility index (Phi) is 7.86. The Hall–Kier alpha value is -1.72. The lowest BCUT2D eigenvalue weighted by Gasteiger charge is -2.32. The van der Waals surface area contributed by atoms with Gasteiger partial charge in [-0.25, -0.2) is 14.6 Å². The molecule has 0 bridgehead atoms. The molecule has 1 aliphatic heterocycles. The van der Waals surface area contributed by atoms with Crippen LogP contribution < -0.4 is 0 Å². The first kappa shape index (κ1) is 24.5. The second kappa shape index (κ2) is 9.61. The number of hydrogen-bond donors (Lipinski definition) is 0. The fraction of sp³-hybridized carbons (Fsp3) is 0.737. The van der Waals surface area contributed by atoms with Crippen molar-refractivity contribution in [2.75, 3.05) is 19.3 Å². The molecule has 1 saturated heterocycles. The highest BCUT2D eigenvalue weighted by atomic mass is 32.2. The summed E-state index contributed by atoms with van der Waals surface area (Å²) in [4.78, 5) is 33.4. The number of urea groups is 1. The normalized spacial score (nSPS) is 17.3. The Morgan fingerprint density at radius 3 is 2.57 bits per heavy atom. The molecule has 0 unspecified atom stereocenters. The smallest absolute Gasteiger partial charge is 0.329 e. The quantitative estimate of drug-likeness (QED) is 0.411. The van der Waals surface area contributed by atoms with Crippen LogP contribution in [0.15, 0.2) is 5.38 Å². The van der Waals surface area contributed by atoms with Gasteiger partial charge in [-0.15, -0.1) is 11.3 Å². The maximum absolute atomic E-state index is 13.0. The summed E-state index contributed by atoms with van der Waals surface area (Å²) in [6.07, 6.45) is 1.72. The van der Waals surface area contributed by atoms with Crippen LogP contribution in [-0.4, -0.2) is 66.2 Å². The molecule has 170 valence electrons. The summed E-state index contributed by atoms with van der Waals surface area (Å²) in [6, 6.07) is -0.867. The molecule has 1 aromatic rings. The monoisotopic (exact) mass is 461 g/mol. The van der Waals surface area contributed by atoms with Crippen LogP contribution in [0.2, 0.25) is 0 Å². The van der Waals surface area contributed by atoms with E-state index in [2.05, 4.69) is 4.98 Å². The molecule has 2 heterocycles. The summed E-state index contributed by atoms with van der Waals surface area (Å²) in [6.45, 7) is 10.4. The zero-order valence-corrected chi connectivity index (χ0v) is 20.0. The van der Waals surface area contributed by atoms with Crippen molar-refractivity contribution in [3.63, 3.8) is 0 Å². The van der Waals surface area contributed by atoms with Crippen molar-refractivity contribution < 1.29 is 26.9 Å². The average molecular weight is 462 g/mol. The van der Waals surface area contributed by atoms with Crippen molar-refractivity contribution in [3.05, 3.63) is 16.1 Å². The van der Waals surface area contributed by atoms with Crippen LogP contribution in [0.25, 0.3) is 0 Å². The molecular formula is C19H31N3O6S2. The van der Waals surface area contributed by atoms with Crippen molar-refractivity contribution in [2.45, 2.75) is 65.8 Å². The summed E-state index contributed by atoms with van der Waals surface area (Å²) in [5, 5.41) is 2.29. The second-order valence-electron chi connectivity index (χ2n) is 8.46. The Labute approximate surface area is 182 Å². The molecule has 2 atom stereocenters. The molecule has 0 aliphatic carbocycles. The first-order chi connectivity index (χ1) is 13.8. The number of aromatic nitrogens is 1. The Bertz CT molecular complexity index is 862. The summed E-state index contributed by atoms with van der Waals surface area (Å²) in [5.74, 6) is -0.427. The van der Waals surface area contributed by atoms with Crippen molar-refractivity contribution >= 4 is 33.5 Å². The fourth-order valence-corrected chi connectivity index (χ4v) is 4.20. The van der Waals surface area contributed by atoms with Gasteiger partial charge in [0.25, 0.3) is 10.1 Å². The third kappa shape index (κ3) is 6.92. The number of ether oxygens (including phenoxy) is 1. The van der Waals surface area contributed by atoms with Gasteiger partial charge in [-0.05, 0) is 26.7 Å². The van der Waals surface area contributed by atoms with Gasteiger partial charge in [-0.3, -0.25) is 4.18 Å². The van der Waals surface area contributed by atoms with Crippen molar-refractivity contribution in [1.82, 2.24) is 14.8 Å². The molecule has 0 aromatic carbocycles. The van der Waals surface area contributed by atoms with E-state index in [0.717, 1.165) is 12.7 Å². The van der Waals surface area contributed by atoms with Gasteiger partial charge < -0.3 is 14.5 Å². The lowest BCUT2D eigenvalue weighted by Crippen LogP contribution is -2.49. The Morgan fingerprint density at radius 1 is 1.33 bits per heavy atom. The van der Waals surface area contributed by atoms with Gasteiger partial charge >= 0.3 is 12.0 Å². The van der Waals surface area contributed by atoms with Crippen LogP contribution in [0, 0.1) is 5.92 Å². The second-order valence-corrected chi connectivity index (χ2v) is 11.0. The molecule has 0 radical (unpaired) electrons. The number of thiazole rings is 1. The predicted octanol–water partition coefficient (Wildman–Crippen LogP) is 2.61. The first-order valence-corrected chi connectivity index (χ1v) is 12.6. The maximum atomic E-state index is 13.0. The minimum atomic E-state index is -3.54. The van der Waals surface area contributed by atoms with E-state index in [1.54, 1.807) is 15.2 Å². The van der Waals surface area contributed by atoms with Crippen LogP contribution in [-0.2, 0) is 37.0 Å². The standard InChI is InChI=1S/C19H31N3O6S2/c1-7-13(2)16(17(23)28-19(3,4)5)22-9-8-21(18(22)24)10-14-12-29-15(20-14)11-27-30(6,25)26/h12-13,16H,7-11H2,1-6H3/t13-,16-/m0/s1. The molecule has 2 amide bonds. The highest BCUT2D eigenvalue weighted by Crippen LogP contribution is 2.25. The van der Waals surface area contributed by atoms with Gasteiger partial charge in [0.05, 0.1) is 18.5 Å². The number of carbonyl (C=O) groups excluding carboxylic acids is 2. The number of rotatable bonds is 9. The van der Waals surface area contributed by atoms with Gasteiger partial charge in [-0.2, -0.15) is 8.42 Å². The summed E-state index contributed by atoms with van der Waals surface area (Å²) in [5.41, 5.74) is 0.0238. The van der Waals surface area contributed by atoms with Crippen molar-refractivity contribution in [1.29, 1.82) is 0 Å². The zero-order chi connectivity index (χ0) is 22.7. The number of esters is 1. The Morgan fingerprint density at radius 2 is 2.00 bits per heavy atom. The summed E-state index contributed by atoms with van der Waals surface area (Å²) < 4.78 is 32.5. The number of nitrogens with zero attached hydrogens (tertiary/aromatic N) is 3. The molecular weight excluding hydrogens is 430 g/mol. The minimum Gasteiger partial charge on any atom is -0.458 e. The zero-order valence-electron chi connectivity index (χ0n) is 18.4. The molecule has 30 heavy (non-hydrogen) atoms. The third-order valence-corrected chi connectivity index (χ3v) is 6.06. The van der Waals surface area contributed by atoms with Gasteiger partial charge in [0.15, 0.2) is 0 Å². The van der Waals surface area contributed by atoms with Gasteiger partial charge in [0.1, 0.15) is 23.3 Å².